The van der Waals surface area contributed by atoms with Crippen LogP contribution in [0.15, 0.2) is 182 Å². The van der Waals surface area contributed by atoms with Crippen LogP contribution in [0.1, 0.15) is 202 Å². The maximum Gasteiger partial charge on any atom is 0.306 e. The molecule has 8 aromatic rings. The molecule has 0 bridgehead atoms. The van der Waals surface area contributed by atoms with Gasteiger partial charge in [0.05, 0.1) is 52.3 Å². The molecule has 1 aromatic heterocycles. The van der Waals surface area contributed by atoms with Crippen LogP contribution in [0.25, 0.3) is 0 Å². The molecule has 0 radical (unpaired) electrons. The predicted octanol–water partition coefficient (Wildman–Crippen LogP) is 13.6. The molecule has 16 heteroatoms. The van der Waals surface area contributed by atoms with Gasteiger partial charge in [-0.25, -0.2) is 0 Å². The number of rotatable bonds is 32. The second-order valence-corrected chi connectivity index (χ2v) is 24.6. The average Bonchev–Trinajstić information content (AvgIpc) is 1.62. The zero-order valence-electron chi connectivity index (χ0n) is 54.2. The summed E-state index contributed by atoms with van der Waals surface area (Å²) in [6, 6.07) is 54.4. The molecule has 7 amide bonds. The monoisotopic (exact) mass is 1290 g/mol. The van der Waals surface area contributed by atoms with Gasteiger partial charge in [-0.05, 0) is 147 Å². The molecular formula is C80H79N5O11. The van der Waals surface area contributed by atoms with Gasteiger partial charge in [0, 0.05) is 49.4 Å². The van der Waals surface area contributed by atoms with Crippen molar-refractivity contribution in [2.45, 2.75) is 122 Å². The lowest BCUT2D eigenvalue weighted by Crippen LogP contribution is -2.30. The number of carbonyl (C=O) groups excluding carboxylic acids is 8. The number of hydrogen-bond donors (Lipinski definition) is 2. The molecule has 7 aromatic carbocycles. The molecule has 0 atom stereocenters. The Morgan fingerprint density at radius 1 is 0.469 bits per heavy atom. The maximum absolute atomic E-state index is 15.5. The molecule has 0 saturated carbocycles. The van der Waals surface area contributed by atoms with E-state index in [1.54, 1.807) is 85.8 Å². The molecule has 3 aliphatic heterocycles. The molecule has 0 fully saturated rings. The summed E-state index contributed by atoms with van der Waals surface area (Å²) < 4.78 is 14.1. The van der Waals surface area contributed by atoms with Gasteiger partial charge in [-0.2, -0.15) is 0 Å². The smallest absolute Gasteiger partial charge is 0.306 e. The summed E-state index contributed by atoms with van der Waals surface area (Å²) in [4.78, 5) is 112. The zero-order valence-corrected chi connectivity index (χ0v) is 54.2. The van der Waals surface area contributed by atoms with Gasteiger partial charge >= 0.3 is 5.97 Å². The number of benzene rings is 7. The van der Waals surface area contributed by atoms with Crippen LogP contribution in [0.3, 0.4) is 0 Å². The number of carbonyl (C=O) groups is 8. The van der Waals surface area contributed by atoms with Crippen LogP contribution in [-0.2, 0) is 40.9 Å². The Kier molecular flexibility index (Phi) is 22.0. The molecule has 4 heterocycles. The third-order valence-electron chi connectivity index (χ3n) is 18.1. The van der Waals surface area contributed by atoms with Crippen molar-refractivity contribution in [3.63, 3.8) is 0 Å². The Balaban J connectivity index is 0.884. The number of nitrogens with one attached hydrogen (secondary N) is 1. The summed E-state index contributed by atoms with van der Waals surface area (Å²) in [5.41, 5.74) is 6.35. The van der Waals surface area contributed by atoms with Crippen LogP contribution in [-0.4, -0.2) is 105 Å². The van der Waals surface area contributed by atoms with Crippen LogP contribution >= 0.6 is 0 Å². The Bertz CT molecular complexity index is 3990. The molecule has 0 aliphatic carbocycles. The molecule has 11 rings (SSSR count). The lowest BCUT2D eigenvalue weighted by molar-refractivity contribution is -0.143. The average molecular weight is 1290 g/mol. The number of amides is 7. The van der Waals surface area contributed by atoms with E-state index >= 15 is 4.79 Å². The van der Waals surface area contributed by atoms with Crippen molar-refractivity contribution in [3.05, 3.63) is 260 Å². The number of aryl methyl sites for hydroxylation is 3. The van der Waals surface area contributed by atoms with Gasteiger partial charge in [0.25, 0.3) is 41.4 Å². The number of ether oxygens (including phenoxy) is 2. The number of nitrogens with zero attached hydrogens (tertiary/aromatic N) is 4. The number of imide groups is 3. The van der Waals surface area contributed by atoms with Crippen LogP contribution < -0.4 is 10.1 Å². The second kappa shape index (κ2) is 31.6. The van der Waals surface area contributed by atoms with E-state index in [-0.39, 0.29) is 67.1 Å². The summed E-state index contributed by atoms with van der Waals surface area (Å²) >= 11 is 0. The highest BCUT2D eigenvalue weighted by molar-refractivity contribution is 6.22. The number of unbranched alkanes of at least 4 members (excludes halogenated alkanes) is 9. The normalized spacial score (nSPS) is 13.2. The summed E-state index contributed by atoms with van der Waals surface area (Å²) in [7, 11) is 0. The van der Waals surface area contributed by atoms with Gasteiger partial charge < -0.3 is 24.5 Å². The Morgan fingerprint density at radius 3 is 1.29 bits per heavy atom. The third-order valence-corrected chi connectivity index (χ3v) is 18.1. The fourth-order valence-corrected chi connectivity index (χ4v) is 13.0. The number of aliphatic hydroxyl groups is 1. The van der Waals surface area contributed by atoms with E-state index in [4.69, 9.17) is 9.47 Å². The van der Waals surface area contributed by atoms with Crippen LogP contribution in [0.4, 0.5) is 5.69 Å². The molecule has 0 saturated heterocycles. The van der Waals surface area contributed by atoms with Crippen molar-refractivity contribution in [1.82, 2.24) is 19.3 Å². The van der Waals surface area contributed by atoms with Crippen LogP contribution in [0.2, 0.25) is 0 Å². The lowest BCUT2D eigenvalue weighted by Gasteiger charge is -2.23. The minimum atomic E-state index is -1.77. The van der Waals surface area contributed by atoms with E-state index in [0.717, 1.165) is 68.1 Å². The van der Waals surface area contributed by atoms with Crippen molar-refractivity contribution in [2.75, 3.05) is 38.2 Å². The highest BCUT2D eigenvalue weighted by atomic mass is 16.5. The van der Waals surface area contributed by atoms with E-state index in [0.29, 0.717) is 132 Å². The van der Waals surface area contributed by atoms with Gasteiger partial charge in [0.15, 0.2) is 5.60 Å². The zero-order chi connectivity index (χ0) is 67.0. The Morgan fingerprint density at radius 2 is 0.865 bits per heavy atom. The Labute approximate surface area is 560 Å². The molecule has 0 spiro atoms. The van der Waals surface area contributed by atoms with E-state index in [1.165, 1.54) is 14.7 Å². The van der Waals surface area contributed by atoms with Crippen LogP contribution in [0.5, 0.6) is 5.75 Å². The first-order chi connectivity index (χ1) is 46.8. The number of anilines is 1. The minimum Gasteiger partial charge on any atom is -0.493 e. The predicted molar refractivity (Wildman–Crippen MR) is 366 cm³/mol. The van der Waals surface area contributed by atoms with Gasteiger partial charge in [0.1, 0.15) is 11.4 Å². The fraction of sp³-hybridized carbons (Fsp3) is 0.300. The van der Waals surface area contributed by atoms with Crippen molar-refractivity contribution < 1.29 is 52.9 Å². The highest BCUT2D eigenvalue weighted by Gasteiger charge is 2.37. The quantitative estimate of drug-likeness (QED) is 0.0176. The molecule has 16 nitrogen and oxygen atoms in total. The van der Waals surface area contributed by atoms with Crippen molar-refractivity contribution >= 4 is 53.0 Å². The molecule has 96 heavy (non-hydrogen) atoms. The molecule has 490 valence electrons. The lowest BCUT2D eigenvalue weighted by atomic mass is 9.86. The van der Waals surface area contributed by atoms with E-state index in [1.807, 2.05) is 108 Å². The first-order valence-corrected chi connectivity index (χ1v) is 33.6. The van der Waals surface area contributed by atoms with E-state index < -0.39 is 17.5 Å². The van der Waals surface area contributed by atoms with Gasteiger partial charge in [-0.3, -0.25) is 53.1 Å². The van der Waals surface area contributed by atoms with Crippen molar-refractivity contribution in [1.29, 1.82) is 0 Å². The fourth-order valence-electron chi connectivity index (χ4n) is 13.0. The number of fused-ring (bicyclic) bond motifs is 3. The number of aromatic nitrogens is 1. The van der Waals surface area contributed by atoms with Gasteiger partial charge in [-0.1, -0.05) is 172 Å². The SMILES string of the molecule is CCOC(=O)CCc1cc(C(=O)Nc2cc(CCCCCCN3C(=O)c4ccccc4C3=O)c(OCCCCCCN3C(=O)c4ccccc4C3=O)c(CCCCCCN3C(=O)c4ccccc4C3=O)c2)n(Cc2ccccc2)c1C#CC(O)(c1ccccc1)c1ccccc1. The number of esters is 1. The number of hydrogen-bond acceptors (Lipinski definition) is 11. The summed E-state index contributed by atoms with van der Waals surface area (Å²) in [6.07, 6.45) is 9.86. The van der Waals surface area contributed by atoms with Gasteiger partial charge in [0.2, 0.25) is 0 Å². The maximum atomic E-state index is 15.5. The topological polar surface area (TPSA) is 202 Å². The molecule has 2 N–H and O–H groups in total. The van der Waals surface area contributed by atoms with Crippen molar-refractivity contribution in [2.24, 2.45) is 0 Å². The van der Waals surface area contributed by atoms with Crippen LogP contribution in [0, 0.1) is 11.8 Å². The first-order valence-electron chi connectivity index (χ1n) is 33.6. The van der Waals surface area contributed by atoms with Gasteiger partial charge in [-0.15, -0.1) is 0 Å². The summed E-state index contributed by atoms with van der Waals surface area (Å²) in [5.74, 6) is 4.79. The molecule has 0 unspecified atom stereocenters. The molecule has 3 aliphatic rings. The summed E-state index contributed by atoms with van der Waals surface area (Å²) in [5, 5.41) is 16.0. The highest BCUT2D eigenvalue weighted by Crippen LogP contribution is 2.35. The molecular weight excluding hydrogens is 1210 g/mol. The largest absolute Gasteiger partial charge is 0.493 e. The van der Waals surface area contributed by atoms with E-state index in [2.05, 4.69) is 17.2 Å². The second-order valence-electron chi connectivity index (χ2n) is 24.6. The Hall–Kier alpha value is -10.5. The third kappa shape index (κ3) is 15.3. The van der Waals surface area contributed by atoms with Crippen molar-refractivity contribution in [3.8, 4) is 17.6 Å². The van der Waals surface area contributed by atoms with E-state index in [9.17, 15) is 38.7 Å². The first kappa shape index (κ1) is 66.9. The standard InChI is InChI=1S/C80H79N5O11/c1-2-95-71(86)45-44-57-54-70(85(55-56-30-12-9-13-31-56)69(57)46-47-80(94,60-34-16-10-17-35-60)61-36-18-11-19-37-61)73(87)81-62-52-58(32-14-3-5-26-48-82-74(88)63-38-20-21-39-64(63)75(82)89)72(96-51-29-8-7-28-50-84-78(92)67-42-24-25-43-68(67)79(84)93)59(53-62)33-15-4-6-27-49-83-76(90)65-40-22-23-41-66(65)77(83)91/h9-13,16-25,30-31,34-43,52-54,94H,2-8,14-15,26-29,32-33,44-45,48-51,55H2,1H3,(H,81,87). The summed E-state index contributed by atoms with van der Waals surface area (Å²) in [6.45, 7) is 3.45. The minimum absolute atomic E-state index is 0.0101.